The van der Waals surface area contributed by atoms with Crippen LogP contribution in [0.4, 0.5) is 0 Å². The van der Waals surface area contributed by atoms with E-state index < -0.39 is 5.97 Å². The quantitative estimate of drug-likeness (QED) is 0.777. The van der Waals surface area contributed by atoms with Crippen LogP contribution in [0.1, 0.15) is 16.1 Å². The first-order valence-corrected chi connectivity index (χ1v) is 6.13. The summed E-state index contributed by atoms with van der Waals surface area (Å²) in [5, 5.41) is 7.51. The molecule has 1 aromatic heterocycles. The predicted octanol–water partition coefficient (Wildman–Crippen LogP) is 0.602. The number of nitrogens with two attached hydrogens (primary N) is 1. The average molecular weight is 276 g/mol. The standard InChI is InChI=1S/C13H16N4O3/c1-19-11-4-2-10(3-5-11)9-20-13(18)12-8-17(7-6-14)16-15-12/h2-5,8H,6-7,9,14H2,1H3. The van der Waals surface area contributed by atoms with Gasteiger partial charge in [-0.05, 0) is 17.7 Å². The molecule has 0 atom stereocenters. The fourth-order valence-corrected chi connectivity index (χ4v) is 1.58. The van der Waals surface area contributed by atoms with E-state index in [1.807, 2.05) is 12.1 Å². The van der Waals surface area contributed by atoms with Crippen LogP contribution in [0.3, 0.4) is 0 Å². The fourth-order valence-electron chi connectivity index (χ4n) is 1.58. The molecular weight excluding hydrogens is 260 g/mol. The van der Waals surface area contributed by atoms with E-state index in [1.54, 1.807) is 19.2 Å². The van der Waals surface area contributed by atoms with Gasteiger partial charge in [-0.25, -0.2) is 4.79 Å². The van der Waals surface area contributed by atoms with E-state index in [0.29, 0.717) is 13.1 Å². The Balaban J connectivity index is 1.90. The molecule has 1 heterocycles. The normalized spacial score (nSPS) is 10.3. The smallest absolute Gasteiger partial charge is 0.360 e. The van der Waals surface area contributed by atoms with Gasteiger partial charge in [0.15, 0.2) is 5.69 Å². The Morgan fingerprint density at radius 1 is 1.35 bits per heavy atom. The molecule has 0 aliphatic carbocycles. The molecule has 0 bridgehead atoms. The fraction of sp³-hybridized carbons (Fsp3) is 0.308. The van der Waals surface area contributed by atoms with Crippen LogP contribution in [-0.2, 0) is 17.9 Å². The van der Waals surface area contributed by atoms with Crippen molar-refractivity contribution in [3.63, 3.8) is 0 Å². The van der Waals surface area contributed by atoms with Gasteiger partial charge in [0.05, 0.1) is 19.9 Å². The second-order valence-corrected chi connectivity index (χ2v) is 4.08. The molecule has 2 N–H and O–H groups in total. The first-order chi connectivity index (χ1) is 9.72. The Bertz CT molecular complexity index is 565. The van der Waals surface area contributed by atoms with Crippen molar-refractivity contribution in [3.8, 4) is 5.75 Å². The number of aromatic nitrogens is 3. The molecule has 20 heavy (non-hydrogen) atoms. The molecule has 0 fully saturated rings. The van der Waals surface area contributed by atoms with Gasteiger partial charge in [0.25, 0.3) is 0 Å². The Morgan fingerprint density at radius 3 is 2.75 bits per heavy atom. The number of benzene rings is 1. The monoisotopic (exact) mass is 276 g/mol. The van der Waals surface area contributed by atoms with Gasteiger partial charge in [0.2, 0.25) is 0 Å². The molecule has 7 heteroatoms. The molecule has 0 saturated carbocycles. The van der Waals surface area contributed by atoms with Crippen molar-refractivity contribution < 1.29 is 14.3 Å². The summed E-state index contributed by atoms with van der Waals surface area (Å²) in [7, 11) is 1.60. The zero-order chi connectivity index (χ0) is 14.4. The number of nitrogens with zero attached hydrogens (tertiary/aromatic N) is 3. The Morgan fingerprint density at radius 2 is 2.10 bits per heavy atom. The maximum Gasteiger partial charge on any atom is 0.360 e. The van der Waals surface area contributed by atoms with E-state index in [9.17, 15) is 4.79 Å². The maximum absolute atomic E-state index is 11.8. The van der Waals surface area contributed by atoms with Gasteiger partial charge in [-0.1, -0.05) is 17.3 Å². The molecule has 0 spiro atoms. The highest BCUT2D eigenvalue weighted by atomic mass is 16.5. The van der Waals surface area contributed by atoms with Crippen LogP contribution in [-0.4, -0.2) is 34.6 Å². The van der Waals surface area contributed by atoms with Crippen LogP contribution in [0, 0.1) is 0 Å². The summed E-state index contributed by atoms with van der Waals surface area (Å²) in [6.07, 6.45) is 1.52. The van der Waals surface area contributed by atoms with Gasteiger partial charge in [-0.2, -0.15) is 0 Å². The summed E-state index contributed by atoms with van der Waals surface area (Å²) in [6, 6.07) is 7.27. The Hall–Kier alpha value is -2.41. The predicted molar refractivity (Wildman–Crippen MR) is 71.2 cm³/mol. The van der Waals surface area contributed by atoms with E-state index in [0.717, 1.165) is 11.3 Å². The number of rotatable bonds is 6. The van der Waals surface area contributed by atoms with Gasteiger partial charge in [-0.15, -0.1) is 5.10 Å². The summed E-state index contributed by atoms with van der Waals surface area (Å²) in [6.45, 7) is 1.12. The summed E-state index contributed by atoms with van der Waals surface area (Å²) >= 11 is 0. The van der Waals surface area contributed by atoms with Gasteiger partial charge in [0, 0.05) is 6.54 Å². The van der Waals surface area contributed by atoms with Crippen LogP contribution >= 0.6 is 0 Å². The van der Waals surface area contributed by atoms with Gasteiger partial charge in [0.1, 0.15) is 12.4 Å². The lowest BCUT2D eigenvalue weighted by atomic mass is 10.2. The summed E-state index contributed by atoms with van der Waals surface area (Å²) in [4.78, 5) is 11.8. The number of methoxy groups -OCH3 is 1. The second kappa shape index (κ2) is 6.67. The van der Waals surface area contributed by atoms with Crippen LogP contribution in [0.2, 0.25) is 0 Å². The molecule has 0 aliphatic rings. The summed E-state index contributed by atoms with van der Waals surface area (Å²) in [5.41, 5.74) is 6.43. The number of hydrogen-bond donors (Lipinski definition) is 1. The zero-order valence-electron chi connectivity index (χ0n) is 11.2. The lowest BCUT2D eigenvalue weighted by molar-refractivity contribution is 0.0465. The van der Waals surface area contributed by atoms with Crippen molar-refractivity contribution in [2.75, 3.05) is 13.7 Å². The SMILES string of the molecule is COc1ccc(COC(=O)c2cn(CCN)nn2)cc1. The minimum atomic E-state index is -0.510. The molecule has 0 amide bonds. The minimum absolute atomic E-state index is 0.173. The van der Waals surface area contributed by atoms with Gasteiger partial charge in [-0.3, -0.25) is 4.68 Å². The van der Waals surface area contributed by atoms with E-state index in [2.05, 4.69) is 10.3 Å². The highest BCUT2D eigenvalue weighted by Crippen LogP contribution is 2.12. The van der Waals surface area contributed by atoms with Crippen molar-refractivity contribution in [2.45, 2.75) is 13.2 Å². The highest BCUT2D eigenvalue weighted by molar-refractivity contribution is 5.86. The topological polar surface area (TPSA) is 92.3 Å². The summed E-state index contributed by atoms with van der Waals surface area (Å²) in [5.74, 6) is 0.244. The van der Waals surface area contributed by atoms with E-state index in [4.69, 9.17) is 15.2 Å². The van der Waals surface area contributed by atoms with Crippen LogP contribution in [0.25, 0.3) is 0 Å². The van der Waals surface area contributed by atoms with Crippen LogP contribution in [0.15, 0.2) is 30.5 Å². The molecule has 1 aromatic carbocycles. The van der Waals surface area contributed by atoms with E-state index in [1.165, 1.54) is 10.9 Å². The molecule has 7 nitrogen and oxygen atoms in total. The van der Waals surface area contributed by atoms with Gasteiger partial charge >= 0.3 is 5.97 Å². The number of carbonyl (C=O) groups excluding carboxylic acids is 1. The number of hydrogen-bond acceptors (Lipinski definition) is 6. The minimum Gasteiger partial charge on any atom is -0.497 e. The Labute approximate surface area is 116 Å². The second-order valence-electron chi connectivity index (χ2n) is 4.08. The molecule has 0 aliphatic heterocycles. The molecule has 0 radical (unpaired) electrons. The largest absolute Gasteiger partial charge is 0.497 e. The summed E-state index contributed by atoms with van der Waals surface area (Å²) < 4.78 is 11.7. The third kappa shape index (κ3) is 3.55. The third-order valence-electron chi connectivity index (χ3n) is 2.63. The maximum atomic E-state index is 11.8. The van der Waals surface area contributed by atoms with Crippen molar-refractivity contribution in [2.24, 2.45) is 5.73 Å². The molecule has 2 aromatic rings. The van der Waals surface area contributed by atoms with E-state index >= 15 is 0 Å². The van der Waals surface area contributed by atoms with Crippen molar-refractivity contribution in [1.29, 1.82) is 0 Å². The van der Waals surface area contributed by atoms with Crippen molar-refractivity contribution >= 4 is 5.97 Å². The van der Waals surface area contributed by atoms with Gasteiger partial charge < -0.3 is 15.2 Å². The molecular formula is C13H16N4O3. The van der Waals surface area contributed by atoms with Crippen molar-refractivity contribution in [1.82, 2.24) is 15.0 Å². The molecule has 2 rings (SSSR count). The number of carbonyl (C=O) groups is 1. The first kappa shape index (κ1) is 14.0. The molecule has 0 saturated heterocycles. The van der Waals surface area contributed by atoms with Crippen LogP contribution < -0.4 is 10.5 Å². The number of ether oxygens (including phenoxy) is 2. The van der Waals surface area contributed by atoms with E-state index in [-0.39, 0.29) is 12.3 Å². The lowest BCUT2D eigenvalue weighted by Crippen LogP contribution is -2.10. The Kier molecular flexibility index (Phi) is 4.67. The zero-order valence-corrected chi connectivity index (χ0v) is 11.2. The lowest BCUT2D eigenvalue weighted by Gasteiger charge is -2.04. The van der Waals surface area contributed by atoms with Crippen molar-refractivity contribution in [3.05, 3.63) is 41.7 Å². The first-order valence-electron chi connectivity index (χ1n) is 6.13. The number of esters is 1. The molecule has 0 unspecified atom stereocenters. The average Bonchev–Trinajstić information content (AvgIpc) is 2.94. The third-order valence-corrected chi connectivity index (χ3v) is 2.63. The van der Waals surface area contributed by atoms with Crippen LogP contribution in [0.5, 0.6) is 5.75 Å². The highest BCUT2D eigenvalue weighted by Gasteiger charge is 2.12. The molecule has 106 valence electrons.